The van der Waals surface area contributed by atoms with Gasteiger partial charge in [0.05, 0.1) is 14.1 Å². The van der Waals surface area contributed by atoms with Crippen molar-refractivity contribution in [1.29, 1.82) is 0 Å². The third kappa shape index (κ3) is 2.34. The number of carbonyl (C=O) groups is 1. The second-order valence-electron chi connectivity index (χ2n) is 2.61. The third-order valence-electron chi connectivity index (χ3n) is 1.61. The van der Waals surface area contributed by atoms with Crippen LogP contribution in [0, 0.1) is 2.88 Å². The molecule has 0 saturated heterocycles. The van der Waals surface area contributed by atoms with E-state index in [9.17, 15) is 4.79 Å². The highest BCUT2D eigenvalue weighted by Crippen LogP contribution is 2.18. The molecule has 0 radical (unpaired) electrons. The van der Waals surface area contributed by atoms with Crippen molar-refractivity contribution in [3.05, 3.63) is 36.7 Å². The summed E-state index contributed by atoms with van der Waals surface area (Å²) < 4.78 is 1.12. The summed E-state index contributed by atoms with van der Waals surface area (Å²) in [5.41, 5.74) is 1.59. The topological polar surface area (TPSA) is 29.1 Å². The molecule has 1 amide bonds. The molecule has 2 aromatic heterocycles. The van der Waals surface area contributed by atoms with Gasteiger partial charge in [0.15, 0.2) is 0 Å². The van der Waals surface area contributed by atoms with E-state index >= 15 is 0 Å². The number of rotatable bonds is 2. The summed E-state index contributed by atoms with van der Waals surface area (Å²) in [6.07, 6.45) is 0. The van der Waals surface area contributed by atoms with Gasteiger partial charge in [0.2, 0.25) is 0 Å². The van der Waals surface area contributed by atoms with Crippen LogP contribution in [-0.2, 0) is 0 Å². The molecule has 0 aliphatic heterocycles. The summed E-state index contributed by atoms with van der Waals surface area (Å²) in [6, 6.07) is 3.77. The van der Waals surface area contributed by atoms with Crippen molar-refractivity contribution < 1.29 is 4.79 Å². The van der Waals surface area contributed by atoms with Gasteiger partial charge in [0, 0.05) is 10.8 Å². The van der Waals surface area contributed by atoms with Crippen molar-refractivity contribution in [2.45, 2.75) is 0 Å². The highest BCUT2D eigenvalue weighted by molar-refractivity contribution is 14.1. The summed E-state index contributed by atoms with van der Waals surface area (Å²) in [5.74, 6) is -0.0393. The molecule has 2 nitrogen and oxygen atoms in total. The highest BCUT2D eigenvalue weighted by atomic mass is 127. The molecule has 5 heteroatoms. The Bertz CT molecular complexity index is 435. The van der Waals surface area contributed by atoms with Crippen molar-refractivity contribution in [2.24, 2.45) is 0 Å². The molecule has 0 aliphatic rings. The van der Waals surface area contributed by atoms with E-state index in [2.05, 4.69) is 27.9 Å². The normalized spacial score (nSPS) is 10.1. The molecular formula is C9H6INOS2. The molecule has 0 spiro atoms. The van der Waals surface area contributed by atoms with E-state index in [0.717, 1.165) is 14.1 Å². The van der Waals surface area contributed by atoms with Gasteiger partial charge in [-0.05, 0) is 40.1 Å². The molecule has 0 aromatic carbocycles. The Morgan fingerprint density at radius 1 is 1.43 bits per heavy atom. The Hall–Kier alpha value is -0.400. The van der Waals surface area contributed by atoms with Gasteiger partial charge in [0.1, 0.15) is 0 Å². The van der Waals surface area contributed by atoms with E-state index in [-0.39, 0.29) is 5.91 Å². The summed E-state index contributed by atoms with van der Waals surface area (Å²) in [7, 11) is 0. The minimum atomic E-state index is -0.0393. The number of hydrogen-bond acceptors (Lipinski definition) is 3. The number of carbonyl (C=O) groups excluding carboxylic acids is 1. The van der Waals surface area contributed by atoms with Crippen molar-refractivity contribution in [3.8, 4) is 0 Å². The molecule has 2 heterocycles. The average Bonchev–Trinajstić information content (AvgIpc) is 2.75. The van der Waals surface area contributed by atoms with E-state index in [0.29, 0.717) is 0 Å². The third-order valence-corrected chi connectivity index (χ3v) is 4.08. The number of thiophene rings is 2. The van der Waals surface area contributed by atoms with E-state index in [1.807, 2.05) is 28.3 Å². The number of hydrogen-bond donors (Lipinski definition) is 1. The van der Waals surface area contributed by atoms with Crippen LogP contribution >= 0.6 is 45.3 Å². The first-order valence-electron chi connectivity index (χ1n) is 3.83. The van der Waals surface area contributed by atoms with Crippen LogP contribution in [0.2, 0.25) is 0 Å². The van der Waals surface area contributed by atoms with E-state index < -0.39 is 0 Å². The molecule has 0 bridgehead atoms. The number of amides is 1. The first-order valence-corrected chi connectivity index (χ1v) is 6.73. The van der Waals surface area contributed by atoms with Crippen molar-refractivity contribution in [1.82, 2.24) is 0 Å². The van der Waals surface area contributed by atoms with Gasteiger partial charge in [0.25, 0.3) is 5.91 Å². The van der Waals surface area contributed by atoms with Crippen LogP contribution in [0.1, 0.15) is 10.4 Å². The standard InChI is InChI=1S/C9H6INOS2/c10-8-3-6(4-14-8)9(12)11-7-1-2-13-5-7/h1-5H,(H,11,12). The van der Waals surface area contributed by atoms with Gasteiger partial charge in [-0.15, -0.1) is 11.3 Å². The predicted octanol–water partition coefficient (Wildman–Crippen LogP) is 3.67. The Labute approximate surface area is 103 Å². The van der Waals surface area contributed by atoms with E-state index in [1.165, 1.54) is 0 Å². The maximum absolute atomic E-state index is 11.6. The minimum Gasteiger partial charge on any atom is -0.321 e. The molecule has 14 heavy (non-hydrogen) atoms. The van der Waals surface area contributed by atoms with Crippen molar-refractivity contribution in [2.75, 3.05) is 5.32 Å². The number of anilines is 1. The molecule has 0 atom stereocenters. The Kier molecular flexibility index (Phi) is 3.19. The molecule has 1 N–H and O–H groups in total. The van der Waals surface area contributed by atoms with Crippen LogP contribution in [0.25, 0.3) is 0 Å². The monoisotopic (exact) mass is 335 g/mol. The Morgan fingerprint density at radius 3 is 2.86 bits per heavy atom. The fourth-order valence-electron chi connectivity index (χ4n) is 0.968. The minimum absolute atomic E-state index is 0.0393. The molecule has 72 valence electrons. The molecular weight excluding hydrogens is 329 g/mol. The van der Waals surface area contributed by atoms with Gasteiger partial charge in [-0.1, -0.05) is 0 Å². The predicted molar refractivity (Wildman–Crippen MR) is 69.3 cm³/mol. The van der Waals surface area contributed by atoms with Crippen LogP contribution in [0.15, 0.2) is 28.3 Å². The molecule has 2 aromatic rings. The lowest BCUT2D eigenvalue weighted by Crippen LogP contribution is -2.09. The van der Waals surface area contributed by atoms with Crippen LogP contribution in [0.4, 0.5) is 5.69 Å². The number of nitrogens with one attached hydrogen (secondary N) is 1. The lowest BCUT2D eigenvalue weighted by molar-refractivity contribution is 0.102. The maximum Gasteiger partial charge on any atom is 0.256 e. The second-order valence-corrected chi connectivity index (χ2v) is 6.19. The molecule has 0 aliphatic carbocycles. The molecule has 0 fully saturated rings. The van der Waals surface area contributed by atoms with Crippen LogP contribution in [0.5, 0.6) is 0 Å². The van der Waals surface area contributed by atoms with Gasteiger partial charge in [-0.25, -0.2) is 0 Å². The quantitative estimate of drug-likeness (QED) is 0.834. The van der Waals surface area contributed by atoms with Crippen molar-refractivity contribution in [3.63, 3.8) is 0 Å². The fraction of sp³-hybridized carbons (Fsp3) is 0. The average molecular weight is 335 g/mol. The number of halogens is 1. The maximum atomic E-state index is 11.6. The Morgan fingerprint density at radius 2 is 2.29 bits per heavy atom. The van der Waals surface area contributed by atoms with E-state index in [4.69, 9.17) is 0 Å². The summed E-state index contributed by atoms with van der Waals surface area (Å²) in [5, 5.41) is 8.54. The van der Waals surface area contributed by atoms with Gasteiger partial charge < -0.3 is 5.32 Å². The first kappa shape index (κ1) is 10.1. The zero-order chi connectivity index (χ0) is 9.97. The zero-order valence-electron chi connectivity index (χ0n) is 6.99. The van der Waals surface area contributed by atoms with Crippen molar-refractivity contribution >= 4 is 56.9 Å². The van der Waals surface area contributed by atoms with E-state index in [1.54, 1.807) is 22.7 Å². The zero-order valence-corrected chi connectivity index (χ0v) is 10.8. The highest BCUT2D eigenvalue weighted by Gasteiger charge is 2.07. The smallest absolute Gasteiger partial charge is 0.256 e. The molecule has 0 unspecified atom stereocenters. The lowest BCUT2D eigenvalue weighted by atomic mass is 10.3. The molecule has 2 rings (SSSR count). The summed E-state index contributed by atoms with van der Waals surface area (Å²) in [6.45, 7) is 0. The van der Waals surface area contributed by atoms with Crippen LogP contribution in [0.3, 0.4) is 0 Å². The van der Waals surface area contributed by atoms with Gasteiger partial charge in [-0.2, -0.15) is 11.3 Å². The fourth-order valence-corrected chi connectivity index (χ4v) is 2.88. The lowest BCUT2D eigenvalue weighted by Gasteiger charge is -1.98. The summed E-state index contributed by atoms with van der Waals surface area (Å²) >= 11 is 5.35. The summed E-state index contributed by atoms with van der Waals surface area (Å²) in [4.78, 5) is 11.6. The largest absolute Gasteiger partial charge is 0.321 e. The second kappa shape index (κ2) is 4.41. The van der Waals surface area contributed by atoms with Crippen LogP contribution in [-0.4, -0.2) is 5.91 Å². The van der Waals surface area contributed by atoms with Gasteiger partial charge in [-0.3, -0.25) is 4.79 Å². The Balaban J connectivity index is 2.10. The SMILES string of the molecule is O=C(Nc1ccsc1)c1csc(I)c1. The van der Waals surface area contributed by atoms with Gasteiger partial charge >= 0.3 is 0 Å². The van der Waals surface area contributed by atoms with Crippen LogP contribution < -0.4 is 5.32 Å². The first-order chi connectivity index (χ1) is 6.75. The molecule has 0 saturated carbocycles.